The molecule has 0 aliphatic carbocycles. The fourth-order valence-electron chi connectivity index (χ4n) is 2.30. The number of ether oxygens (including phenoxy) is 1. The molecule has 1 aromatic heterocycles. The highest BCUT2D eigenvalue weighted by molar-refractivity contribution is 6.03. The second-order valence-corrected chi connectivity index (χ2v) is 5.64. The van der Waals surface area contributed by atoms with Crippen molar-refractivity contribution in [3.05, 3.63) is 77.5 Å². The zero-order valence-electron chi connectivity index (χ0n) is 14.8. The molecule has 1 heterocycles. The Kier molecular flexibility index (Phi) is 5.58. The molecular formula is C20H15N5O3. The Morgan fingerprint density at radius 1 is 0.929 bits per heavy atom. The number of hydrogen-bond donors (Lipinski definition) is 2. The van der Waals surface area contributed by atoms with Crippen LogP contribution in [-0.2, 0) is 4.74 Å². The summed E-state index contributed by atoms with van der Waals surface area (Å²) in [4.78, 5) is 23.7. The smallest absolute Gasteiger partial charge is 0.337 e. The molecule has 138 valence electrons. The van der Waals surface area contributed by atoms with Gasteiger partial charge in [0.25, 0.3) is 5.91 Å². The molecule has 2 N–H and O–H groups in total. The van der Waals surface area contributed by atoms with E-state index in [1.54, 1.807) is 54.6 Å². The molecule has 2 aromatic carbocycles. The van der Waals surface area contributed by atoms with Crippen LogP contribution in [0.3, 0.4) is 0 Å². The Balaban J connectivity index is 1.63. The molecule has 3 rings (SSSR count). The van der Waals surface area contributed by atoms with Crippen LogP contribution in [0.15, 0.2) is 60.7 Å². The molecule has 0 bridgehead atoms. The summed E-state index contributed by atoms with van der Waals surface area (Å²) in [5.41, 5.74) is 2.35. The van der Waals surface area contributed by atoms with Gasteiger partial charge in [-0.15, -0.1) is 10.2 Å². The summed E-state index contributed by atoms with van der Waals surface area (Å²) in [7, 11) is 1.30. The number of carbonyl (C=O) groups excluding carboxylic acids is 2. The fraction of sp³-hybridized carbons (Fsp3) is 0.0500. The zero-order chi connectivity index (χ0) is 19.9. The van der Waals surface area contributed by atoms with E-state index in [0.29, 0.717) is 22.6 Å². The van der Waals surface area contributed by atoms with Crippen LogP contribution < -0.4 is 10.6 Å². The predicted molar refractivity (Wildman–Crippen MR) is 102 cm³/mol. The third-order valence-corrected chi connectivity index (χ3v) is 3.75. The minimum absolute atomic E-state index is 0.141. The molecule has 8 nitrogen and oxygen atoms in total. The highest BCUT2D eigenvalue weighted by atomic mass is 16.5. The van der Waals surface area contributed by atoms with Crippen LogP contribution in [-0.4, -0.2) is 29.2 Å². The highest BCUT2D eigenvalue weighted by Crippen LogP contribution is 2.15. The van der Waals surface area contributed by atoms with Crippen molar-refractivity contribution in [2.75, 3.05) is 17.7 Å². The van der Waals surface area contributed by atoms with Crippen LogP contribution in [0, 0.1) is 11.3 Å². The lowest BCUT2D eigenvalue weighted by molar-refractivity contribution is 0.0600. The van der Waals surface area contributed by atoms with Gasteiger partial charge in [0.05, 0.1) is 24.3 Å². The van der Waals surface area contributed by atoms with Crippen molar-refractivity contribution < 1.29 is 14.3 Å². The summed E-state index contributed by atoms with van der Waals surface area (Å²) < 4.78 is 4.63. The van der Waals surface area contributed by atoms with Gasteiger partial charge in [0.1, 0.15) is 0 Å². The van der Waals surface area contributed by atoms with Crippen LogP contribution in [0.1, 0.15) is 26.4 Å². The second-order valence-electron chi connectivity index (χ2n) is 5.64. The van der Waals surface area contributed by atoms with Crippen LogP contribution in [0.5, 0.6) is 0 Å². The largest absolute Gasteiger partial charge is 0.465 e. The fourth-order valence-corrected chi connectivity index (χ4v) is 2.30. The number of aromatic nitrogens is 2. The number of anilines is 3. The van der Waals surface area contributed by atoms with Crippen molar-refractivity contribution in [1.82, 2.24) is 10.2 Å². The normalized spacial score (nSPS) is 9.86. The summed E-state index contributed by atoms with van der Waals surface area (Å²) in [5, 5.41) is 22.4. The van der Waals surface area contributed by atoms with Gasteiger partial charge in [-0.2, -0.15) is 5.26 Å². The molecule has 0 spiro atoms. The van der Waals surface area contributed by atoms with E-state index in [4.69, 9.17) is 5.26 Å². The first-order valence-electron chi connectivity index (χ1n) is 8.19. The topological polar surface area (TPSA) is 117 Å². The van der Waals surface area contributed by atoms with Crippen molar-refractivity contribution >= 4 is 29.1 Å². The lowest BCUT2D eigenvalue weighted by atomic mass is 10.2. The van der Waals surface area contributed by atoms with Crippen molar-refractivity contribution in [1.29, 1.82) is 5.26 Å². The van der Waals surface area contributed by atoms with E-state index in [9.17, 15) is 9.59 Å². The maximum atomic E-state index is 12.3. The van der Waals surface area contributed by atoms with Gasteiger partial charge in [0.15, 0.2) is 11.5 Å². The maximum Gasteiger partial charge on any atom is 0.337 e. The third-order valence-electron chi connectivity index (χ3n) is 3.75. The predicted octanol–water partition coefficient (Wildman–Crippen LogP) is 3.13. The summed E-state index contributed by atoms with van der Waals surface area (Å²) in [6, 6.07) is 18.4. The Morgan fingerprint density at radius 3 is 2.18 bits per heavy atom. The van der Waals surface area contributed by atoms with Crippen molar-refractivity contribution in [3.8, 4) is 6.07 Å². The molecule has 0 saturated heterocycles. The van der Waals surface area contributed by atoms with Gasteiger partial charge >= 0.3 is 5.97 Å². The lowest BCUT2D eigenvalue weighted by Crippen LogP contribution is -2.14. The van der Waals surface area contributed by atoms with Crippen molar-refractivity contribution in [2.24, 2.45) is 0 Å². The van der Waals surface area contributed by atoms with Crippen molar-refractivity contribution in [3.63, 3.8) is 0 Å². The molecule has 0 radical (unpaired) electrons. The van der Waals surface area contributed by atoms with Crippen molar-refractivity contribution in [2.45, 2.75) is 0 Å². The highest BCUT2D eigenvalue weighted by Gasteiger charge is 2.10. The van der Waals surface area contributed by atoms with Crippen LogP contribution in [0.2, 0.25) is 0 Å². The molecule has 28 heavy (non-hydrogen) atoms. The van der Waals surface area contributed by atoms with Gasteiger partial charge in [0.2, 0.25) is 0 Å². The molecule has 8 heteroatoms. The minimum Gasteiger partial charge on any atom is -0.465 e. The third kappa shape index (κ3) is 4.47. The summed E-state index contributed by atoms with van der Waals surface area (Å²) >= 11 is 0. The molecule has 0 unspecified atom stereocenters. The van der Waals surface area contributed by atoms with Crippen LogP contribution in [0.4, 0.5) is 17.2 Å². The number of nitriles is 1. The van der Waals surface area contributed by atoms with Crippen LogP contribution >= 0.6 is 0 Å². The Bertz CT molecular complexity index is 1020. The summed E-state index contributed by atoms with van der Waals surface area (Å²) in [5.74, 6) is -0.416. The molecule has 3 aromatic rings. The number of hydrogen-bond acceptors (Lipinski definition) is 7. The first kappa shape index (κ1) is 18.5. The molecule has 0 aliphatic rings. The summed E-state index contributed by atoms with van der Waals surface area (Å²) in [6.07, 6.45) is 0. The van der Waals surface area contributed by atoms with E-state index in [1.807, 2.05) is 6.07 Å². The SMILES string of the molecule is COC(=O)c1ccc(NC(=O)c2ccc(Nc3ccc(C#N)cc3)nn2)cc1. The van der Waals surface area contributed by atoms with E-state index in [-0.39, 0.29) is 5.69 Å². The number of carbonyl (C=O) groups is 2. The number of rotatable bonds is 5. The van der Waals surface area contributed by atoms with Crippen LogP contribution in [0.25, 0.3) is 0 Å². The summed E-state index contributed by atoms with van der Waals surface area (Å²) in [6.45, 7) is 0. The van der Waals surface area contributed by atoms with Gasteiger partial charge < -0.3 is 15.4 Å². The van der Waals surface area contributed by atoms with E-state index in [2.05, 4.69) is 25.6 Å². The van der Waals surface area contributed by atoms with Gasteiger partial charge in [-0.1, -0.05) is 0 Å². The van der Waals surface area contributed by atoms with E-state index < -0.39 is 11.9 Å². The van der Waals surface area contributed by atoms with Gasteiger partial charge in [-0.05, 0) is 60.7 Å². The number of amides is 1. The minimum atomic E-state index is -0.450. The number of benzene rings is 2. The molecule has 0 fully saturated rings. The molecular weight excluding hydrogens is 358 g/mol. The first-order chi connectivity index (χ1) is 13.6. The van der Waals surface area contributed by atoms with Gasteiger partial charge in [-0.3, -0.25) is 4.79 Å². The quantitative estimate of drug-likeness (QED) is 0.660. The maximum absolute atomic E-state index is 12.3. The van der Waals surface area contributed by atoms with Gasteiger partial charge in [-0.25, -0.2) is 4.79 Å². The number of nitrogens with one attached hydrogen (secondary N) is 2. The monoisotopic (exact) mass is 373 g/mol. The molecule has 0 saturated carbocycles. The average molecular weight is 373 g/mol. The second kappa shape index (κ2) is 8.42. The van der Waals surface area contributed by atoms with Gasteiger partial charge in [0, 0.05) is 11.4 Å². The molecule has 0 atom stereocenters. The molecule has 0 aliphatic heterocycles. The number of nitrogens with zero attached hydrogens (tertiary/aromatic N) is 3. The standard InChI is InChI=1S/C20H15N5O3/c1-28-20(27)14-4-8-16(9-5-14)23-19(26)17-10-11-18(25-24-17)22-15-6-2-13(12-21)3-7-15/h2-11H,1H3,(H,22,25)(H,23,26). The number of methoxy groups -OCH3 is 1. The lowest BCUT2D eigenvalue weighted by Gasteiger charge is -2.07. The molecule has 1 amide bonds. The first-order valence-corrected chi connectivity index (χ1v) is 8.19. The zero-order valence-corrected chi connectivity index (χ0v) is 14.8. The van der Waals surface area contributed by atoms with E-state index >= 15 is 0 Å². The van der Waals surface area contributed by atoms with E-state index in [1.165, 1.54) is 13.2 Å². The van der Waals surface area contributed by atoms with E-state index in [0.717, 1.165) is 5.69 Å². The number of esters is 1. The Hall–Kier alpha value is -4.25. The Labute approximate surface area is 160 Å². The average Bonchev–Trinajstić information content (AvgIpc) is 2.74. The Morgan fingerprint density at radius 2 is 1.61 bits per heavy atom.